The Morgan fingerprint density at radius 2 is 2.21 bits per heavy atom. The zero-order valence-corrected chi connectivity index (χ0v) is 8.31. The lowest BCUT2D eigenvalue weighted by Gasteiger charge is -2.04. The van der Waals surface area contributed by atoms with E-state index >= 15 is 0 Å². The van der Waals surface area contributed by atoms with Crippen molar-refractivity contribution in [1.82, 2.24) is 19.3 Å². The quantitative estimate of drug-likeness (QED) is 0.754. The van der Waals surface area contributed by atoms with E-state index in [2.05, 4.69) is 10.1 Å². The number of anilines is 1. The minimum absolute atomic E-state index is 0.708. The number of rotatable bonds is 2. The van der Waals surface area contributed by atoms with Gasteiger partial charge in [0, 0.05) is 7.05 Å². The van der Waals surface area contributed by atoms with Crippen LogP contribution in [0.5, 0.6) is 0 Å². The molecule has 0 saturated heterocycles. The van der Waals surface area contributed by atoms with Crippen LogP contribution in [0.4, 0.5) is 5.69 Å². The molecule has 0 atom stereocenters. The van der Waals surface area contributed by atoms with Crippen LogP contribution in [0.3, 0.4) is 0 Å². The predicted octanol–water partition coefficient (Wildman–Crippen LogP) is 0.556. The van der Waals surface area contributed by atoms with E-state index in [9.17, 15) is 0 Å². The third-order valence-electron chi connectivity index (χ3n) is 2.37. The fraction of sp³-hybridized carbons (Fsp3) is 0.333. The molecule has 0 aliphatic heterocycles. The second kappa shape index (κ2) is 3.17. The highest BCUT2D eigenvalue weighted by molar-refractivity contribution is 5.39. The SMILES string of the molecule is Cc1c(N)cnn1Cc1cncn1C. The van der Waals surface area contributed by atoms with Crippen molar-refractivity contribution >= 4 is 5.69 Å². The molecule has 2 aromatic heterocycles. The summed E-state index contributed by atoms with van der Waals surface area (Å²) < 4.78 is 3.84. The van der Waals surface area contributed by atoms with E-state index in [-0.39, 0.29) is 0 Å². The zero-order chi connectivity index (χ0) is 10.1. The standard InChI is InChI=1S/C9H13N5/c1-7-9(10)4-12-14(7)5-8-3-11-6-13(8)2/h3-4,6H,5,10H2,1-2H3. The highest BCUT2D eigenvalue weighted by Gasteiger charge is 2.05. The lowest BCUT2D eigenvalue weighted by Crippen LogP contribution is -2.07. The van der Waals surface area contributed by atoms with Gasteiger partial charge in [-0.1, -0.05) is 0 Å². The van der Waals surface area contributed by atoms with E-state index in [1.165, 1.54) is 0 Å². The second-order valence-corrected chi connectivity index (χ2v) is 3.34. The molecule has 2 heterocycles. The van der Waals surface area contributed by atoms with Crippen LogP contribution in [0.2, 0.25) is 0 Å². The van der Waals surface area contributed by atoms with Gasteiger partial charge in [0.05, 0.1) is 42.3 Å². The van der Waals surface area contributed by atoms with Gasteiger partial charge in [-0.2, -0.15) is 5.10 Å². The normalized spacial score (nSPS) is 10.7. The van der Waals surface area contributed by atoms with Crippen molar-refractivity contribution in [3.05, 3.63) is 30.1 Å². The molecule has 0 radical (unpaired) electrons. The Bertz CT molecular complexity index is 440. The summed E-state index contributed by atoms with van der Waals surface area (Å²) in [5.74, 6) is 0. The first-order valence-corrected chi connectivity index (χ1v) is 4.41. The smallest absolute Gasteiger partial charge is 0.0946 e. The first-order valence-electron chi connectivity index (χ1n) is 4.41. The first kappa shape index (κ1) is 8.80. The van der Waals surface area contributed by atoms with Gasteiger partial charge in [-0.3, -0.25) is 4.68 Å². The largest absolute Gasteiger partial charge is 0.396 e. The van der Waals surface area contributed by atoms with Crippen LogP contribution < -0.4 is 5.73 Å². The molecule has 0 aliphatic rings. The van der Waals surface area contributed by atoms with E-state index in [0.29, 0.717) is 6.54 Å². The second-order valence-electron chi connectivity index (χ2n) is 3.34. The van der Waals surface area contributed by atoms with Crippen LogP contribution in [0.25, 0.3) is 0 Å². The van der Waals surface area contributed by atoms with Crippen molar-refractivity contribution in [2.45, 2.75) is 13.5 Å². The summed E-state index contributed by atoms with van der Waals surface area (Å²) in [7, 11) is 1.96. The molecule has 0 amide bonds. The highest BCUT2D eigenvalue weighted by Crippen LogP contribution is 2.10. The molecule has 74 valence electrons. The molecule has 14 heavy (non-hydrogen) atoms. The Balaban J connectivity index is 2.27. The number of hydrogen-bond acceptors (Lipinski definition) is 3. The van der Waals surface area contributed by atoms with E-state index in [1.54, 1.807) is 12.5 Å². The molecule has 0 aliphatic carbocycles. The number of nitrogens with zero attached hydrogens (tertiary/aromatic N) is 4. The number of nitrogen functional groups attached to an aromatic ring is 1. The first-order chi connectivity index (χ1) is 6.68. The molecule has 2 N–H and O–H groups in total. The molecule has 0 aromatic carbocycles. The fourth-order valence-electron chi connectivity index (χ4n) is 1.31. The van der Waals surface area contributed by atoms with Crippen molar-refractivity contribution < 1.29 is 0 Å². The minimum atomic E-state index is 0.708. The van der Waals surface area contributed by atoms with Gasteiger partial charge in [0.1, 0.15) is 0 Å². The summed E-state index contributed by atoms with van der Waals surface area (Å²) in [6.07, 6.45) is 5.28. The van der Waals surface area contributed by atoms with Crippen molar-refractivity contribution in [1.29, 1.82) is 0 Å². The summed E-state index contributed by atoms with van der Waals surface area (Å²) in [5.41, 5.74) is 8.53. The minimum Gasteiger partial charge on any atom is -0.396 e. The Labute approximate surface area is 82.2 Å². The van der Waals surface area contributed by atoms with Crippen LogP contribution in [0, 0.1) is 6.92 Å². The van der Waals surface area contributed by atoms with Gasteiger partial charge in [0.15, 0.2) is 0 Å². The van der Waals surface area contributed by atoms with E-state index < -0.39 is 0 Å². The summed E-state index contributed by atoms with van der Waals surface area (Å²) in [6.45, 7) is 2.66. The van der Waals surface area contributed by atoms with Crippen LogP contribution >= 0.6 is 0 Å². The Morgan fingerprint density at radius 3 is 2.71 bits per heavy atom. The number of hydrogen-bond donors (Lipinski definition) is 1. The summed E-state index contributed by atoms with van der Waals surface area (Å²) in [5, 5.41) is 4.18. The molecule has 2 aromatic rings. The van der Waals surface area contributed by atoms with Crippen LogP contribution in [0.15, 0.2) is 18.7 Å². The maximum Gasteiger partial charge on any atom is 0.0946 e. The number of imidazole rings is 1. The molecule has 0 fully saturated rings. The lowest BCUT2D eigenvalue weighted by molar-refractivity contribution is 0.632. The molecular weight excluding hydrogens is 178 g/mol. The predicted molar refractivity (Wildman–Crippen MR) is 53.7 cm³/mol. The Morgan fingerprint density at radius 1 is 1.43 bits per heavy atom. The third kappa shape index (κ3) is 1.37. The maximum absolute atomic E-state index is 5.70. The zero-order valence-electron chi connectivity index (χ0n) is 8.31. The van der Waals surface area contributed by atoms with Crippen molar-refractivity contribution in [3.8, 4) is 0 Å². The Hall–Kier alpha value is -1.78. The van der Waals surface area contributed by atoms with E-state index in [1.807, 2.05) is 29.4 Å². The summed E-state index contributed by atoms with van der Waals surface area (Å²) >= 11 is 0. The fourth-order valence-corrected chi connectivity index (χ4v) is 1.31. The van der Waals surface area contributed by atoms with Gasteiger partial charge >= 0.3 is 0 Å². The van der Waals surface area contributed by atoms with Crippen LogP contribution in [-0.2, 0) is 13.6 Å². The molecule has 5 heteroatoms. The van der Waals surface area contributed by atoms with Crippen LogP contribution in [0.1, 0.15) is 11.4 Å². The number of aryl methyl sites for hydroxylation is 1. The highest BCUT2D eigenvalue weighted by atomic mass is 15.3. The van der Waals surface area contributed by atoms with Gasteiger partial charge in [-0.25, -0.2) is 4.98 Å². The molecule has 5 nitrogen and oxygen atoms in total. The lowest BCUT2D eigenvalue weighted by atomic mass is 10.4. The van der Waals surface area contributed by atoms with Gasteiger partial charge in [0.2, 0.25) is 0 Å². The van der Waals surface area contributed by atoms with E-state index in [0.717, 1.165) is 17.1 Å². The molecule has 0 bridgehead atoms. The van der Waals surface area contributed by atoms with Crippen LogP contribution in [-0.4, -0.2) is 19.3 Å². The topological polar surface area (TPSA) is 61.7 Å². The van der Waals surface area contributed by atoms with Crippen molar-refractivity contribution in [3.63, 3.8) is 0 Å². The average molecular weight is 191 g/mol. The maximum atomic E-state index is 5.70. The monoisotopic (exact) mass is 191 g/mol. The molecule has 2 rings (SSSR count). The van der Waals surface area contributed by atoms with E-state index in [4.69, 9.17) is 5.73 Å². The number of aromatic nitrogens is 4. The average Bonchev–Trinajstić information content (AvgIpc) is 2.68. The summed E-state index contributed by atoms with van der Waals surface area (Å²) in [4.78, 5) is 4.04. The van der Waals surface area contributed by atoms with Crippen molar-refractivity contribution in [2.24, 2.45) is 7.05 Å². The molecule has 0 unspecified atom stereocenters. The van der Waals surface area contributed by atoms with Gasteiger partial charge in [0.25, 0.3) is 0 Å². The van der Waals surface area contributed by atoms with Gasteiger partial charge in [-0.05, 0) is 6.92 Å². The molecule has 0 spiro atoms. The van der Waals surface area contributed by atoms with Crippen molar-refractivity contribution in [2.75, 3.05) is 5.73 Å². The third-order valence-corrected chi connectivity index (χ3v) is 2.37. The summed E-state index contributed by atoms with van der Waals surface area (Å²) in [6, 6.07) is 0. The molecule has 0 saturated carbocycles. The van der Waals surface area contributed by atoms with Gasteiger partial charge < -0.3 is 10.3 Å². The number of nitrogens with two attached hydrogens (primary N) is 1. The molecular formula is C9H13N5. The Kier molecular flexibility index (Phi) is 1.99. The van der Waals surface area contributed by atoms with Gasteiger partial charge in [-0.15, -0.1) is 0 Å².